The number of allylic oxidation sites excluding steroid dienone is 8. The molecular formula is C50H56Cl4Zr-4. The number of fused-ring (bicyclic) bond motifs is 5. The zero-order valence-electron chi connectivity index (χ0n) is 34.1. The van der Waals surface area contributed by atoms with Crippen molar-refractivity contribution >= 4 is 63.4 Å². The fourth-order valence-electron chi connectivity index (χ4n) is 7.47. The van der Waals surface area contributed by atoms with Crippen molar-refractivity contribution in [2.45, 2.75) is 99.3 Å². The van der Waals surface area contributed by atoms with Gasteiger partial charge in [0, 0.05) is 5.41 Å². The van der Waals surface area contributed by atoms with Gasteiger partial charge in [-0.3, -0.25) is 12.2 Å². The van der Waals surface area contributed by atoms with E-state index < -0.39 is 0 Å². The fraction of sp³-hybridized carbons (Fsp3) is 0.340. The Morgan fingerprint density at radius 3 is 1.76 bits per heavy atom. The third kappa shape index (κ3) is 12.4. The number of benzene rings is 4. The molecule has 0 heterocycles. The molecule has 0 radical (unpaired) electrons. The topological polar surface area (TPSA) is 0 Å². The van der Waals surface area contributed by atoms with E-state index >= 15 is 0 Å². The van der Waals surface area contributed by atoms with Gasteiger partial charge in [-0.05, 0) is 58.4 Å². The van der Waals surface area contributed by atoms with Gasteiger partial charge in [0.2, 0.25) is 0 Å². The van der Waals surface area contributed by atoms with E-state index in [-0.39, 0.29) is 35.6 Å². The van der Waals surface area contributed by atoms with Crippen molar-refractivity contribution in [3.05, 3.63) is 164 Å². The van der Waals surface area contributed by atoms with E-state index in [9.17, 15) is 0 Å². The first-order chi connectivity index (χ1) is 25.0. The molecule has 0 saturated heterocycles. The van der Waals surface area contributed by atoms with Crippen molar-refractivity contribution in [1.82, 2.24) is 0 Å². The molecule has 0 amide bonds. The van der Waals surface area contributed by atoms with Crippen molar-refractivity contribution in [3.63, 3.8) is 0 Å². The van der Waals surface area contributed by atoms with Crippen LogP contribution in [0.15, 0.2) is 96.6 Å². The minimum atomic E-state index is 0. The zero-order valence-corrected chi connectivity index (χ0v) is 39.7. The van der Waals surface area contributed by atoms with Gasteiger partial charge in [-0.1, -0.05) is 120 Å². The second-order valence-corrected chi connectivity index (χ2v) is 17.1. The Balaban J connectivity index is 0.000000291. The van der Waals surface area contributed by atoms with Crippen molar-refractivity contribution in [2.24, 2.45) is 11.3 Å². The van der Waals surface area contributed by atoms with Crippen LogP contribution in [0.25, 0.3) is 22.3 Å². The molecule has 0 fully saturated rings. The molecule has 4 aliphatic carbocycles. The molecule has 55 heavy (non-hydrogen) atoms. The molecule has 0 spiro atoms. The van der Waals surface area contributed by atoms with Crippen LogP contribution in [-0.4, -0.2) is 4.21 Å². The van der Waals surface area contributed by atoms with Gasteiger partial charge in [0.05, 0.1) is 0 Å². The average molecular weight is 890 g/mol. The second-order valence-electron chi connectivity index (χ2n) is 16.2. The van der Waals surface area contributed by atoms with Gasteiger partial charge in [0.15, 0.2) is 0 Å². The Labute approximate surface area is 370 Å². The minimum absolute atomic E-state index is 0. The summed E-state index contributed by atoms with van der Waals surface area (Å²) >= 11 is 12.3. The van der Waals surface area contributed by atoms with Gasteiger partial charge in [-0.25, -0.2) is 11.6 Å². The molecule has 0 nitrogen and oxygen atoms in total. The van der Waals surface area contributed by atoms with Crippen molar-refractivity contribution < 1.29 is 24.2 Å². The van der Waals surface area contributed by atoms with Crippen molar-refractivity contribution in [3.8, 4) is 11.1 Å². The standard InChI is InChI=1S/C25H25.C12H19.2C6H4Cl.CH2.2ClH.Zr/c1-14-12-24(3,4)22-8-16-7-17-9-23-19(15(2)13-25(23,5)6)11-21(17)20(16)10-18(14)22;1-5-6-10-7-8-11(9-10)12(2,3)4;2*7-6-4-2-1-3-5-6;;;;/h8-12H,7H2,1-6H3;8-10H,5-6H2,1-4H3;2*1-2,4-5H;1H2;2*1H;/q4*-1;;;;. The summed E-state index contributed by atoms with van der Waals surface area (Å²) in [7, 11) is 0. The predicted molar refractivity (Wildman–Crippen MR) is 243 cm³/mol. The molecular weight excluding hydrogens is 834 g/mol. The normalized spacial score (nSPS) is 16.6. The SMILES string of the molecule is CC1=[C-]C(C)(C)c2cc3c(cc21)-c1cc2c(cc1C3)C(C)(C)C=C2C.CCCC1[C-]=CC(C(C)(C)C)=C1.Cl.Cl.Clc1c[c-]ccc1.Clc1c[c-]ccc1.[CH2]=[Zr]. The molecule has 292 valence electrons. The Kier molecular flexibility index (Phi) is 18.6. The number of hydrogen-bond acceptors (Lipinski definition) is 0. The summed E-state index contributed by atoms with van der Waals surface area (Å²) < 4.78 is 3.34. The summed E-state index contributed by atoms with van der Waals surface area (Å²) in [4.78, 5) is 0. The van der Waals surface area contributed by atoms with Crippen LogP contribution in [0.1, 0.15) is 115 Å². The van der Waals surface area contributed by atoms with E-state index in [0.717, 1.165) is 16.5 Å². The molecule has 0 bridgehead atoms. The van der Waals surface area contributed by atoms with E-state index in [1.54, 1.807) is 12.1 Å². The summed E-state index contributed by atoms with van der Waals surface area (Å²) in [6.07, 6.45) is 17.6. The van der Waals surface area contributed by atoms with Crippen LogP contribution < -0.4 is 0 Å². The Morgan fingerprint density at radius 2 is 1.33 bits per heavy atom. The van der Waals surface area contributed by atoms with Crippen LogP contribution in [0.2, 0.25) is 10.0 Å². The molecule has 4 aromatic rings. The average Bonchev–Trinajstić information content (AvgIpc) is 3.84. The molecule has 8 rings (SSSR count). The first-order valence-corrected chi connectivity index (χ1v) is 21.1. The maximum absolute atomic E-state index is 5.51. The van der Waals surface area contributed by atoms with E-state index in [4.69, 9.17) is 23.2 Å². The summed E-state index contributed by atoms with van der Waals surface area (Å²) in [5, 5.41) is 1.48. The summed E-state index contributed by atoms with van der Waals surface area (Å²) in [5.41, 5.74) is 16.3. The van der Waals surface area contributed by atoms with Gasteiger partial charge in [0.1, 0.15) is 0 Å². The third-order valence-corrected chi connectivity index (χ3v) is 10.5. The number of halogens is 4. The Bertz CT molecular complexity index is 1890. The Morgan fingerprint density at radius 1 is 0.800 bits per heavy atom. The number of hydrogen-bond donors (Lipinski definition) is 0. The summed E-state index contributed by atoms with van der Waals surface area (Å²) in [6, 6.07) is 29.9. The van der Waals surface area contributed by atoms with E-state index in [1.165, 1.54) is 98.3 Å². The quantitative estimate of drug-likeness (QED) is 0.155. The predicted octanol–water partition coefficient (Wildman–Crippen LogP) is 15.3. The number of rotatable bonds is 2. The van der Waals surface area contributed by atoms with Gasteiger partial charge >= 0.3 is 28.4 Å². The summed E-state index contributed by atoms with van der Waals surface area (Å²) in [6.45, 7) is 22.7. The molecule has 5 heteroatoms. The molecule has 0 N–H and O–H groups in total. The van der Waals surface area contributed by atoms with Crippen LogP contribution in [0.5, 0.6) is 0 Å². The fourth-order valence-corrected chi connectivity index (χ4v) is 7.74. The zero-order chi connectivity index (χ0) is 39.1. The molecule has 0 aliphatic heterocycles. The first-order valence-electron chi connectivity index (χ1n) is 18.6. The van der Waals surface area contributed by atoms with Gasteiger partial charge < -0.3 is 0 Å². The molecule has 4 aromatic carbocycles. The summed E-state index contributed by atoms with van der Waals surface area (Å²) in [5.74, 6) is 0.587. The van der Waals surface area contributed by atoms with Crippen LogP contribution >= 0.6 is 48.0 Å². The molecule has 0 saturated carbocycles. The van der Waals surface area contributed by atoms with Crippen molar-refractivity contribution in [1.29, 1.82) is 0 Å². The molecule has 4 aliphatic rings. The van der Waals surface area contributed by atoms with Crippen LogP contribution in [0, 0.1) is 35.6 Å². The van der Waals surface area contributed by atoms with Gasteiger partial charge in [-0.2, -0.15) is 101 Å². The monoisotopic (exact) mass is 886 g/mol. The Hall–Kier alpha value is -2.25. The van der Waals surface area contributed by atoms with Crippen LogP contribution in [0.4, 0.5) is 0 Å². The molecule has 1 atom stereocenters. The van der Waals surface area contributed by atoms with Crippen LogP contribution in [0.3, 0.4) is 0 Å². The maximum atomic E-state index is 5.51. The van der Waals surface area contributed by atoms with E-state index in [2.05, 4.69) is 140 Å². The van der Waals surface area contributed by atoms with Crippen molar-refractivity contribution in [2.75, 3.05) is 0 Å². The second kappa shape index (κ2) is 21.0. The molecule has 0 aromatic heterocycles. The van der Waals surface area contributed by atoms with E-state index in [0.29, 0.717) is 11.3 Å². The van der Waals surface area contributed by atoms with Gasteiger partial charge in [0.25, 0.3) is 0 Å². The first kappa shape index (κ1) is 48.9. The third-order valence-electron chi connectivity index (χ3n) is 10.1. The molecule has 1 unspecified atom stereocenters. The van der Waals surface area contributed by atoms with E-state index in [1.807, 2.05) is 36.4 Å². The van der Waals surface area contributed by atoms with Crippen LogP contribution in [-0.2, 0) is 41.5 Å². The van der Waals surface area contributed by atoms with Gasteiger partial charge in [-0.15, -0.1) is 36.4 Å².